The third kappa shape index (κ3) is 5.89. The SMILES string of the molecule is CC(=O)OCCOc1ccc(-c2cccc(CO)c2)c(COC(C)=O)c1. The zero-order chi connectivity index (χ0) is 18.9. The van der Waals surface area contributed by atoms with Crippen molar-refractivity contribution in [2.75, 3.05) is 13.2 Å². The maximum atomic E-state index is 11.2. The van der Waals surface area contributed by atoms with Gasteiger partial charge >= 0.3 is 11.9 Å². The van der Waals surface area contributed by atoms with E-state index in [0.29, 0.717) is 5.75 Å². The summed E-state index contributed by atoms with van der Waals surface area (Å²) in [5, 5.41) is 9.33. The van der Waals surface area contributed by atoms with Crippen molar-refractivity contribution in [1.82, 2.24) is 0 Å². The zero-order valence-electron chi connectivity index (χ0n) is 14.9. The summed E-state index contributed by atoms with van der Waals surface area (Å²) in [6, 6.07) is 13.0. The summed E-state index contributed by atoms with van der Waals surface area (Å²) in [5.41, 5.74) is 3.36. The summed E-state index contributed by atoms with van der Waals surface area (Å²) in [5.74, 6) is -0.147. The van der Waals surface area contributed by atoms with E-state index in [1.807, 2.05) is 30.3 Å². The Kier molecular flexibility index (Phi) is 7.17. The Balaban J connectivity index is 2.22. The number of aliphatic hydroxyl groups is 1. The average Bonchev–Trinajstić information content (AvgIpc) is 2.63. The minimum absolute atomic E-state index is 0.0511. The normalized spacial score (nSPS) is 10.3. The molecule has 2 aromatic rings. The summed E-state index contributed by atoms with van der Waals surface area (Å²) < 4.78 is 15.6. The highest BCUT2D eigenvalue weighted by Crippen LogP contribution is 2.29. The van der Waals surface area contributed by atoms with Crippen LogP contribution in [0.2, 0.25) is 0 Å². The van der Waals surface area contributed by atoms with Crippen molar-refractivity contribution in [3.05, 3.63) is 53.6 Å². The Morgan fingerprint density at radius 2 is 1.73 bits per heavy atom. The maximum Gasteiger partial charge on any atom is 0.302 e. The molecule has 138 valence electrons. The van der Waals surface area contributed by atoms with Crippen LogP contribution in [-0.2, 0) is 32.3 Å². The summed E-state index contributed by atoms with van der Waals surface area (Å²) in [7, 11) is 0. The molecule has 26 heavy (non-hydrogen) atoms. The van der Waals surface area contributed by atoms with Crippen LogP contribution in [0.1, 0.15) is 25.0 Å². The first-order valence-corrected chi connectivity index (χ1v) is 8.22. The van der Waals surface area contributed by atoms with Crippen LogP contribution < -0.4 is 4.74 Å². The fourth-order valence-corrected chi connectivity index (χ4v) is 2.42. The smallest absolute Gasteiger partial charge is 0.302 e. The van der Waals surface area contributed by atoms with Crippen molar-refractivity contribution >= 4 is 11.9 Å². The van der Waals surface area contributed by atoms with E-state index in [1.54, 1.807) is 12.1 Å². The number of aliphatic hydroxyl groups excluding tert-OH is 1. The van der Waals surface area contributed by atoms with Crippen molar-refractivity contribution in [3.8, 4) is 16.9 Å². The van der Waals surface area contributed by atoms with E-state index in [9.17, 15) is 14.7 Å². The fraction of sp³-hybridized carbons (Fsp3) is 0.300. The molecule has 0 spiro atoms. The van der Waals surface area contributed by atoms with Crippen LogP contribution >= 0.6 is 0 Å². The summed E-state index contributed by atoms with van der Waals surface area (Å²) in [6.45, 7) is 3.14. The van der Waals surface area contributed by atoms with E-state index in [1.165, 1.54) is 13.8 Å². The van der Waals surface area contributed by atoms with E-state index < -0.39 is 0 Å². The third-order valence-corrected chi connectivity index (χ3v) is 3.59. The number of benzene rings is 2. The number of hydrogen-bond acceptors (Lipinski definition) is 6. The molecule has 6 heteroatoms. The molecule has 0 atom stereocenters. The van der Waals surface area contributed by atoms with Gasteiger partial charge in [-0.05, 0) is 34.9 Å². The van der Waals surface area contributed by atoms with Crippen LogP contribution in [0.4, 0.5) is 0 Å². The molecule has 2 rings (SSSR count). The van der Waals surface area contributed by atoms with Gasteiger partial charge in [-0.25, -0.2) is 0 Å². The number of carbonyl (C=O) groups is 2. The fourth-order valence-electron chi connectivity index (χ4n) is 2.42. The largest absolute Gasteiger partial charge is 0.490 e. The molecule has 2 aromatic carbocycles. The number of carbonyl (C=O) groups excluding carboxylic acids is 2. The number of esters is 2. The van der Waals surface area contributed by atoms with Crippen LogP contribution in [0.5, 0.6) is 5.75 Å². The van der Waals surface area contributed by atoms with Gasteiger partial charge in [-0.15, -0.1) is 0 Å². The molecule has 6 nitrogen and oxygen atoms in total. The molecular weight excluding hydrogens is 336 g/mol. The first-order chi connectivity index (χ1) is 12.5. The lowest BCUT2D eigenvalue weighted by molar-refractivity contribution is -0.142. The van der Waals surface area contributed by atoms with Gasteiger partial charge in [-0.3, -0.25) is 9.59 Å². The van der Waals surface area contributed by atoms with Crippen LogP contribution in [0.15, 0.2) is 42.5 Å². The van der Waals surface area contributed by atoms with Gasteiger partial charge in [0, 0.05) is 19.4 Å². The highest BCUT2D eigenvalue weighted by Gasteiger charge is 2.10. The molecule has 0 saturated carbocycles. The van der Waals surface area contributed by atoms with Crippen molar-refractivity contribution in [1.29, 1.82) is 0 Å². The lowest BCUT2D eigenvalue weighted by Crippen LogP contribution is -2.10. The molecular formula is C20H22O6. The minimum atomic E-state index is -0.374. The maximum absolute atomic E-state index is 11.2. The van der Waals surface area contributed by atoms with E-state index >= 15 is 0 Å². The molecule has 0 aliphatic rings. The molecule has 0 unspecified atom stereocenters. The van der Waals surface area contributed by atoms with E-state index in [-0.39, 0.29) is 38.4 Å². The highest BCUT2D eigenvalue weighted by atomic mass is 16.6. The van der Waals surface area contributed by atoms with E-state index in [2.05, 4.69) is 0 Å². The molecule has 0 fully saturated rings. The van der Waals surface area contributed by atoms with Crippen molar-refractivity contribution in [3.63, 3.8) is 0 Å². The topological polar surface area (TPSA) is 82.1 Å². The van der Waals surface area contributed by atoms with Crippen molar-refractivity contribution < 1.29 is 28.9 Å². The van der Waals surface area contributed by atoms with Gasteiger partial charge in [-0.1, -0.05) is 24.3 Å². The molecule has 0 saturated heterocycles. The van der Waals surface area contributed by atoms with Gasteiger partial charge in [-0.2, -0.15) is 0 Å². The minimum Gasteiger partial charge on any atom is -0.490 e. The lowest BCUT2D eigenvalue weighted by Gasteiger charge is -2.14. The van der Waals surface area contributed by atoms with Gasteiger partial charge in [0.1, 0.15) is 25.6 Å². The molecule has 0 aliphatic heterocycles. The number of rotatable bonds is 8. The van der Waals surface area contributed by atoms with E-state index in [4.69, 9.17) is 14.2 Å². The molecule has 0 heterocycles. The predicted octanol–water partition coefficient (Wildman–Crippen LogP) is 2.85. The first kappa shape index (κ1) is 19.5. The Morgan fingerprint density at radius 3 is 2.42 bits per heavy atom. The Labute approximate surface area is 152 Å². The first-order valence-electron chi connectivity index (χ1n) is 8.22. The van der Waals surface area contributed by atoms with Crippen LogP contribution in [0.3, 0.4) is 0 Å². The van der Waals surface area contributed by atoms with Crippen LogP contribution in [0, 0.1) is 0 Å². The van der Waals surface area contributed by atoms with Crippen LogP contribution in [-0.4, -0.2) is 30.3 Å². The van der Waals surface area contributed by atoms with Crippen LogP contribution in [0.25, 0.3) is 11.1 Å². The third-order valence-electron chi connectivity index (χ3n) is 3.59. The number of hydrogen-bond donors (Lipinski definition) is 1. The summed E-state index contributed by atoms with van der Waals surface area (Å²) in [6.07, 6.45) is 0. The monoisotopic (exact) mass is 358 g/mol. The summed E-state index contributed by atoms with van der Waals surface area (Å²) in [4.78, 5) is 22.0. The lowest BCUT2D eigenvalue weighted by atomic mass is 9.98. The Morgan fingerprint density at radius 1 is 0.962 bits per heavy atom. The molecule has 0 aromatic heterocycles. The standard InChI is InChI=1S/C20H22O6/c1-14(22)24-8-9-25-19-6-7-20(18(11-19)13-26-15(2)23)17-5-3-4-16(10-17)12-21/h3-7,10-11,21H,8-9,12-13H2,1-2H3. The van der Waals surface area contributed by atoms with Gasteiger partial charge in [0.2, 0.25) is 0 Å². The van der Waals surface area contributed by atoms with Gasteiger partial charge in [0.15, 0.2) is 0 Å². The summed E-state index contributed by atoms with van der Waals surface area (Å²) >= 11 is 0. The van der Waals surface area contributed by atoms with E-state index in [0.717, 1.165) is 22.3 Å². The molecule has 0 radical (unpaired) electrons. The number of ether oxygens (including phenoxy) is 3. The molecule has 0 aliphatic carbocycles. The molecule has 1 N–H and O–H groups in total. The van der Waals surface area contributed by atoms with Crippen molar-refractivity contribution in [2.24, 2.45) is 0 Å². The highest BCUT2D eigenvalue weighted by molar-refractivity contribution is 5.70. The average molecular weight is 358 g/mol. The zero-order valence-corrected chi connectivity index (χ0v) is 14.9. The molecule has 0 amide bonds. The van der Waals surface area contributed by atoms with Crippen molar-refractivity contribution in [2.45, 2.75) is 27.1 Å². The second kappa shape index (κ2) is 9.58. The Bertz CT molecular complexity index is 769. The quantitative estimate of drug-likeness (QED) is 0.577. The van der Waals surface area contributed by atoms with Gasteiger partial charge < -0.3 is 19.3 Å². The second-order valence-corrected chi connectivity index (χ2v) is 5.65. The predicted molar refractivity (Wildman–Crippen MR) is 95.4 cm³/mol. The van der Waals surface area contributed by atoms with Gasteiger partial charge in [0.05, 0.1) is 6.61 Å². The Hall–Kier alpha value is -2.86. The second-order valence-electron chi connectivity index (χ2n) is 5.65. The molecule has 0 bridgehead atoms. The van der Waals surface area contributed by atoms with Gasteiger partial charge in [0.25, 0.3) is 0 Å².